The summed E-state index contributed by atoms with van der Waals surface area (Å²) in [7, 11) is -4.01. The second-order valence-electron chi connectivity index (χ2n) is 5.24. The van der Waals surface area contributed by atoms with E-state index in [0.717, 1.165) is 29.1 Å². The lowest BCUT2D eigenvalue weighted by Gasteiger charge is -2.13. The molecule has 0 radical (unpaired) electrons. The second-order valence-corrected chi connectivity index (χ2v) is 8.24. The summed E-state index contributed by atoms with van der Waals surface area (Å²) in [5.41, 5.74) is 0. The first-order valence-corrected chi connectivity index (χ1v) is 9.53. The fraction of sp³-hybridized carbons (Fsp3) is 0.250. The molecule has 1 N–H and O–H groups in total. The van der Waals surface area contributed by atoms with Crippen LogP contribution in [0.1, 0.15) is 21.5 Å². The van der Waals surface area contributed by atoms with Gasteiger partial charge in [0, 0.05) is 4.88 Å². The Hall–Kier alpha value is -2.10. The zero-order valence-corrected chi connectivity index (χ0v) is 15.1. The summed E-state index contributed by atoms with van der Waals surface area (Å²) >= 11 is 1.28. The number of carbonyl (C=O) groups is 2. The van der Waals surface area contributed by atoms with Crippen molar-refractivity contribution >= 4 is 33.1 Å². The predicted octanol–water partition coefficient (Wildman–Crippen LogP) is 2.29. The third kappa shape index (κ3) is 5.18. The van der Waals surface area contributed by atoms with Crippen molar-refractivity contribution in [3.8, 4) is 0 Å². The molecule has 0 aliphatic carbocycles. The summed E-state index contributed by atoms with van der Waals surface area (Å²) in [6.07, 6.45) is 0. The zero-order chi connectivity index (χ0) is 18.6. The van der Waals surface area contributed by atoms with Gasteiger partial charge in [-0.05, 0) is 50.2 Å². The van der Waals surface area contributed by atoms with Crippen molar-refractivity contribution in [3.63, 3.8) is 0 Å². The van der Waals surface area contributed by atoms with Crippen LogP contribution in [0.25, 0.3) is 0 Å². The van der Waals surface area contributed by atoms with Gasteiger partial charge in [0.05, 0.1) is 9.77 Å². The molecule has 0 unspecified atom stereocenters. The lowest BCUT2D eigenvalue weighted by Crippen LogP contribution is -2.40. The van der Waals surface area contributed by atoms with Crippen molar-refractivity contribution in [2.75, 3.05) is 6.61 Å². The number of benzene rings is 1. The summed E-state index contributed by atoms with van der Waals surface area (Å²) < 4.78 is 44.1. The number of sulfonamides is 1. The Morgan fingerprint density at radius 2 is 1.84 bits per heavy atom. The van der Waals surface area contributed by atoms with E-state index < -0.39 is 34.5 Å². The van der Waals surface area contributed by atoms with E-state index in [0.29, 0.717) is 4.88 Å². The average Bonchev–Trinajstić information content (AvgIpc) is 2.98. The number of hydrogen-bond donors (Lipinski definition) is 1. The highest BCUT2D eigenvalue weighted by molar-refractivity contribution is 7.89. The summed E-state index contributed by atoms with van der Waals surface area (Å²) in [4.78, 5) is 25.0. The van der Waals surface area contributed by atoms with E-state index in [9.17, 15) is 22.4 Å². The van der Waals surface area contributed by atoms with Crippen LogP contribution < -0.4 is 4.72 Å². The topological polar surface area (TPSA) is 89.5 Å². The molecule has 0 saturated heterocycles. The van der Waals surface area contributed by atoms with E-state index in [1.54, 1.807) is 12.1 Å². The molecular formula is C16H16FNO5S2. The lowest BCUT2D eigenvalue weighted by molar-refractivity contribution is -0.144. The molecular weight excluding hydrogens is 369 g/mol. The van der Waals surface area contributed by atoms with Crippen molar-refractivity contribution in [2.24, 2.45) is 0 Å². The Kier molecular flexibility index (Phi) is 6.04. The van der Waals surface area contributed by atoms with Gasteiger partial charge in [-0.3, -0.25) is 9.59 Å². The molecule has 2 rings (SSSR count). The van der Waals surface area contributed by atoms with Gasteiger partial charge in [0.25, 0.3) is 0 Å². The van der Waals surface area contributed by atoms with Gasteiger partial charge in [-0.15, -0.1) is 11.3 Å². The SMILES string of the molecule is Cc1ccc(C(=O)COC(=O)[C@H](C)NS(=O)(=O)c2ccc(F)cc2)s1. The number of rotatable bonds is 7. The monoisotopic (exact) mass is 385 g/mol. The van der Waals surface area contributed by atoms with E-state index in [4.69, 9.17) is 4.74 Å². The van der Waals surface area contributed by atoms with E-state index in [1.807, 2.05) is 6.92 Å². The van der Waals surface area contributed by atoms with Crippen LogP contribution in [0.3, 0.4) is 0 Å². The van der Waals surface area contributed by atoms with Gasteiger partial charge in [-0.1, -0.05) is 0 Å². The standard InChI is InChI=1S/C16H16FNO5S2/c1-10-3-8-15(24-10)14(19)9-23-16(20)11(2)18-25(21,22)13-6-4-12(17)5-7-13/h3-8,11,18H,9H2,1-2H3/t11-/m0/s1. The van der Waals surface area contributed by atoms with Crippen LogP contribution in [0.15, 0.2) is 41.3 Å². The highest BCUT2D eigenvalue weighted by Gasteiger charge is 2.24. The molecule has 1 heterocycles. The first-order valence-electron chi connectivity index (χ1n) is 7.23. The number of Topliss-reactive ketones (excluding diaryl/α,β-unsaturated/α-hetero) is 1. The Labute approximate surface area is 148 Å². The number of nitrogens with one attached hydrogen (secondary N) is 1. The third-order valence-corrected chi connectivity index (χ3v) is 5.77. The van der Waals surface area contributed by atoms with Crippen molar-refractivity contribution in [1.29, 1.82) is 0 Å². The molecule has 25 heavy (non-hydrogen) atoms. The van der Waals surface area contributed by atoms with Gasteiger partial charge in [-0.2, -0.15) is 4.72 Å². The Morgan fingerprint density at radius 3 is 2.40 bits per heavy atom. The molecule has 0 aliphatic heterocycles. The molecule has 1 atom stereocenters. The van der Waals surface area contributed by atoms with Crippen LogP contribution in [0.4, 0.5) is 4.39 Å². The van der Waals surface area contributed by atoms with Gasteiger partial charge < -0.3 is 4.74 Å². The summed E-state index contributed by atoms with van der Waals surface area (Å²) in [5, 5.41) is 0. The molecule has 0 spiro atoms. The normalized spacial score (nSPS) is 12.6. The zero-order valence-electron chi connectivity index (χ0n) is 13.5. The second kappa shape index (κ2) is 7.85. The predicted molar refractivity (Wildman–Crippen MR) is 90.5 cm³/mol. The first-order chi connectivity index (χ1) is 11.7. The molecule has 134 valence electrons. The maximum atomic E-state index is 12.9. The maximum absolute atomic E-state index is 12.9. The molecule has 0 fully saturated rings. The highest BCUT2D eigenvalue weighted by atomic mass is 32.2. The Morgan fingerprint density at radius 1 is 1.20 bits per heavy atom. The van der Waals surface area contributed by atoms with Crippen molar-refractivity contribution < 1.29 is 27.1 Å². The number of ether oxygens (including phenoxy) is 1. The van der Waals surface area contributed by atoms with Gasteiger partial charge >= 0.3 is 5.97 Å². The van der Waals surface area contributed by atoms with Gasteiger partial charge in [0.2, 0.25) is 15.8 Å². The minimum absolute atomic E-state index is 0.182. The maximum Gasteiger partial charge on any atom is 0.324 e. The van der Waals surface area contributed by atoms with Crippen molar-refractivity contribution in [3.05, 3.63) is 52.0 Å². The van der Waals surface area contributed by atoms with E-state index in [2.05, 4.69) is 4.72 Å². The number of hydrogen-bond acceptors (Lipinski definition) is 6. The van der Waals surface area contributed by atoms with Crippen molar-refractivity contribution in [2.45, 2.75) is 24.8 Å². The number of carbonyl (C=O) groups excluding carboxylic acids is 2. The van der Waals surface area contributed by atoms with E-state index in [-0.39, 0.29) is 10.7 Å². The molecule has 0 bridgehead atoms. The van der Waals surface area contributed by atoms with Crippen molar-refractivity contribution in [1.82, 2.24) is 4.72 Å². The molecule has 0 saturated carbocycles. The molecule has 1 aromatic carbocycles. The lowest BCUT2D eigenvalue weighted by atomic mass is 10.3. The molecule has 9 heteroatoms. The molecule has 6 nitrogen and oxygen atoms in total. The van der Waals surface area contributed by atoms with Gasteiger partial charge in [0.15, 0.2) is 6.61 Å². The average molecular weight is 385 g/mol. The fourth-order valence-electron chi connectivity index (χ4n) is 1.88. The minimum Gasteiger partial charge on any atom is -0.456 e. The number of aryl methyl sites for hydroxylation is 1. The molecule has 0 aliphatic rings. The number of thiophene rings is 1. The van der Waals surface area contributed by atoms with Gasteiger partial charge in [-0.25, -0.2) is 12.8 Å². The van der Waals surface area contributed by atoms with Crippen LogP contribution >= 0.6 is 11.3 Å². The van der Waals surface area contributed by atoms with E-state index >= 15 is 0 Å². The summed E-state index contributed by atoms with van der Waals surface area (Å²) in [6, 6.07) is 6.37. The number of ketones is 1. The first kappa shape index (κ1) is 19.2. The molecule has 2 aromatic rings. The van der Waals surface area contributed by atoms with Crippen LogP contribution in [0.5, 0.6) is 0 Å². The quantitative estimate of drug-likeness (QED) is 0.583. The summed E-state index contributed by atoms with van der Waals surface area (Å²) in [6.45, 7) is 2.67. The summed E-state index contributed by atoms with van der Waals surface area (Å²) in [5.74, 6) is -1.82. The highest BCUT2D eigenvalue weighted by Crippen LogP contribution is 2.16. The van der Waals surface area contributed by atoms with Crippen LogP contribution in [-0.2, 0) is 19.6 Å². The van der Waals surface area contributed by atoms with Crippen LogP contribution in [0, 0.1) is 12.7 Å². The number of esters is 1. The number of halogens is 1. The Bertz CT molecular complexity index is 874. The van der Waals surface area contributed by atoms with Gasteiger partial charge in [0.1, 0.15) is 11.9 Å². The Balaban J connectivity index is 1.93. The fourth-order valence-corrected chi connectivity index (χ4v) is 3.86. The molecule has 1 aromatic heterocycles. The largest absolute Gasteiger partial charge is 0.456 e. The third-order valence-electron chi connectivity index (χ3n) is 3.17. The minimum atomic E-state index is -4.01. The molecule has 0 amide bonds. The van der Waals surface area contributed by atoms with Crippen LogP contribution in [-0.4, -0.2) is 32.8 Å². The van der Waals surface area contributed by atoms with E-state index in [1.165, 1.54) is 18.3 Å². The van der Waals surface area contributed by atoms with Crippen LogP contribution in [0.2, 0.25) is 0 Å². The smallest absolute Gasteiger partial charge is 0.324 e.